The zero-order chi connectivity index (χ0) is 16.4. The van der Waals surface area contributed by atoms with E-state index >= 15 is 0 Å². The Bertz CT molecular complexity index is 881. The molecular formula is C19H23Cl2N3O. The number of nitrogens with zero attached hydrogens (tertiary/aromatic N) is 2. The van der Waals surface area contributed by atoms with Gasteiger partial charge in [0.25, 0.3) is 5.91 Å². The average Bonchev–Trinajstić information content (AvgIpc) is 2.51. The Hall–Kier alpha value is -1.88. The van der Waals surface area contributed by atoms with Crippen molar-refractivity contribution in [3.05, 3.63) is 53.6 Å². The molecule has 2 aromatic carbocycles. The Labute approximate surface area is 160 Å². The van der Waals surface area contributed by atoms with Crippen LogP contribution in [0.25, 0.3) is 21.8 Å². The molecule has 0 unspecified atom stereocenters. The monoisotopic (exact) mass is 379 g/mol. The van der Waals surface area contributed by atoms with E-state index in [-0.39, 0.29) is 30.7 Å². The van der Waals surface area contributed by atoms with Crippen molar-refractivity contribution in [2.24, 2.45) is 0 Å². The van der Waals surface area contributed by atoms with Gasteiger partial charge in [0.2, 0.25) is 0 Å². The topological polar surface area (TPSA) is 45.2 Å². The fraction of sp³-hybridized carbons (Fsp3) is 0.263. The van der Waals surface area contributed by atoms with Crippen molar-refractivity contribution in [2.75, 3.05) is 27.2 Å². The van der Waals surface area contributed by atoms with E-state index in [1.165, 1.54) is 5.56 Å². The Morgan fingerprint density at radius 3 is 2.56 bits per heavy atom. The van der Waals surface area contributed by atoms with Gasteiger partial charge in [-0.1, -0.05) is 23.8 Å². The third-order valence-corrected chi connectivity index (χ3v) is 3.88. The lowest BCUT2D eigenvalue weighted by Crippen LogP contribution is -2.31. The molecule has 1 heterocycles. The highest BCUT2D eigenvalue weighted by Crippen LogP contribution is 2.23. The number of aromatic nitrogens is 1. The number of hydrogen-bond acceptors (Lipinski definition) is 3. The van der Waals surface area contributed by atoms with E-state index < -0.39 is 0 Å². The second-order valence-corrected chi connectivity index (χ2v) is 6.12. The number of halogens is 2. The van der Waals surface area contributed by atoms with Crippen molar-refractivity contribution in [2.45, 2.75) is 6.92 Å². The highest BCUT2D eigenvalue weighted by molar-refractivity contribution is 6.07. The van der Waals surface area contributed by atoms with Crippen LogP contribution in [0.1, 0.15) is 15.9 Å². The van der Waals surface area contributed by atoms with Gasteiger partial charge in [-0.3, -0.25) is 4.79 Å². The van der Waals surface area contributed by atoms with Crippen LogP contribution in [0.5, 0.6) is 0 Å². The van der Waals surface area contributed by atoms with E-state index in [0.717, 1.165) is 28.4 Å². The second-order valence-electron chi connectivity index (χ2n) is 6.12. The Morgan fingerprint density at radius 1 is 1.08 bits per heavy atom. The largest absolute Gasteiger partial charge is 0.351 e. The Morgan fingerprint density at radius 2 is 1.84 bits per heavy atom. The van der Waals surface area contributed by atoms with Crippen LogP contribution in [0.2, 0.25) is 0 Å². The van der Waals surface area contributed by atoms with Gasteiger partial charge in [0.05, 0.1) is 16.6 Å². The Balaban J connectivity index is 0.00000156. The first-order chi connectivity index (χ1) is 11.0. The first-order valence-corrected chi connectivity index (χ1v) is 7.77. The van der Waals surface area contributed by atoms with Gasteiger partial charge in [-0.25, -0.2) is 4.98 Å². The van der Waals surface area contributed by atoms with E-state index in [0.29, 0.717) is 12.1 Å². The number of carbonyl (C=O) groups is 1. The first-order valence-electron chi connectivity index (χ1n) is 7.77. The molecule has 0 bridgehead atoms. The molecule has 0 saturated carbocycles. The lowest BCUT2D eigenvalue weighted by Gasteiger charge is -2.11. The highest BCUT2D eigenvalue weighted by atomic mass is 35.5. The SMILES string of the molecule is Cc1ccc2nc3c(C(=O)NCCN(C)C)cccc3cc2c1.Cl.Cl. The molecule has 1 aromatic heterocycles. The molecule has 0 fully saturated rings. The van der Waals surface area contributed by atoms with E-state index in [2.05, 4.69) is 24.4 Å². The van der Waals surface area contributed by atoms with Gasteiger partial charge in [-0.05, 0) is 45.3 Å². The van der Waals surface area contributed by atoms with Gasteiger partial charge < -0.3 is 10.2 Å². The summed E-state index contributed by atoms with van der Waals surface area (Å²) < 4.78 is 0. The lowest BCUT2D eigenvalue weighted by molar-refractivity contribution is 0.0952. The number of nitrogens with one attached hydrogen (secondary N) is 1. The van der Waals surface area contributed by atoms with Crippen molar-refractivity contribution in [1.29, 1.82) is 0 Å². The summed E-state index contributed by atoms with van der Waals surface area (Å²) >= 11 is 0. The van der Waals surface area contributed by atoms with Gasteiger partial charge in [0.15, 0.2) is 0 Å². The molecule has 6 heteroatoms. The molecule has 134 valence electrons. The third kappa shape index (κ3) is 4.82. The lowest BCUT2D eigenvalue weighted by atomic mass is 10.1. The summed E-state index contributed by atoms with van der Waals surface area (Å²) in [5, 5.41) is 5.05. The van der Waals surface area contributed by atoms with Crippen molar-refractivity contribution in [3.63, 3.8) is 0 Å². The molecule has 0 aliphatic heterocycles. The molecule has 3 aromatic rings. The van der Waals surface area contributed by atoms with Gasteiger partial charge >= 0.3 is 0 Å². The number of likely N-dealkylation sites (N-methyl/N-ethyl adjacent to an activating group) is 1. The van der Waals surface area contributed by atoms with Crippen molar-refractivity contribution < 1.29 is 4.79 Å². The summed E-state index contributed by atoms with van der Waals surface area (Å²) in [7, 11) is 3.97. The standard InChI is InChI=1S/C19H21N3O.2ClH/c1-13-7-8-17-15(11-13)12-14-5-4-6-16(18(14)21-17)19(23)20-9-10-22(2)3;;/h4-8,11-12H,9-10H2,1-3H3,(H,20,23);2*1H. The minimum absolute atomic E-state index is 0. The number of rotatable bonds is 4. The number of amides is 1. The van der Waals surface area contributed by atoms with E-state index in [4.69, 9.17) is 4.98 Å². The van der Waals surface area contributed by atoms with Gasteiger partial charge in [0.1, 0.15) is 0 Å². The maximum Gasteiger partial charge on any atom is 0.253 e. The molecule has 0 aliphatic rings. The van der Waals surface area contributed by atoms with Crippen LogP contribution in [0, 0.1) is 6.92 Å². The number of pyridine rings is 1. The maximum absolute atomic E-state index is 12.5. The number of hydrogen-bond donors (Lipinski definition) is 1. The summed E-state index contributed by atoms with van der Waals surface area (Å²) in [5.74, 6) is -0.0728. The fourth-order valence-corrected chi connectivity index (χ4v) is 2.65. The molecule has 0 atom stereocenters. The quantitative estimate of drug-likeness (QED) is 0.700. The zero-order valence-corrected chi connectivity index (χ0v) is 16.2. The minimum Gasteiger partial charge on any atom is -0.351 e. The smallest absolute Gasteiger partial charge is 0.253 e. The molecule has 0 radical (unpaired) electrons. The molecule has 0 saturated heterocycles. The number of para-hydroxylation sites is 1. The van der Waals surface area contributed by atoms with E-state index in [1.807, 2.05) is 49.3 Å². The van der Waals surface area contributed by atoms with Crippen molar-refractivity contribution >= 4 is 52.5 Å². The fourth-order valence-electron chi connectivity index (χ4n) is 2.65. The summed E-state index contributed by atoms with van der Waals surface area (Å²) in [5.41, 5.74) is 3.50. The van der Waals surface area contributed by atoms with Crippen LogP contribution in [-0.4, -0.2) is 43.0 Å². The van der Waals surface area contributed by atoms with Crippen LogP contribution < -0.4 is 5.32 Å². The molecule has 1 N–H and O–H groups in total. The molecule has 25 heavy (non-hydrogen) atoms. The van der Waals surface area contributed by atoms with Crippen molar-refractivity contribution in [3.8, 4) is 0 Å². The van der Waals surface area contributed by atoms with Crippen LogP contribution in [-0.2, 0) is 0 Å². The number of aryl methyl sites for hydroxylation is 1. The third-order valence-electron chi connectivity index (χ3n) is 3.88. The summed E-state index contributed by atoms with van der Waals surface area (Å²) in [6.45, 7) is 3.50. The molecule has 4 nitrogen and oxygen atoms in total. The Kier molecular flexibility index (Phi) is 7.61. The van der Waals surface area contributed by atoms with Crippen LogP contribution >= 0.6 is 24.8 Å². The summed E-state index contributed by atoms with van der Waals surface area (Å²) in [4.78, 5) is 19.2. The van der Waals surface area contributed by atoms with Crippen molar-refractivity contribution in [1.82, 2.24) is 15.2 Å². The highest BCUT2D eigenvalue weighted by Gasteiger charge is 2.11. The summed E-state index contributed by atoms with van der Waals surface area (Å²) in [6.07, 6.45) is 0. The van der Waals surface area contributed by atoms with Crippen LogP contribution in [0.3, 0.4) is 0 Å². The summed E-state index contributed by atoms with van der Waals surface area (Å²) in [6, 6.07) is 14.0. The number of fused-ring (bicyclic) bond motifs is 2. The molecular weight excluding hydrogens is 357 g/mol. The second kappa shape index (κ2) is 8.99. The predicted molar refractivity (Wildman–Crippen MR) is 109 cm³/mol. The molecule has 0 aliphatic carbocycles. The average molecular weight is 380 g/mol. The predicted octanol–water partition coefficient (Wildman–Crippen LogP) is 3.83. The van der Waals surface area contributed by atoms with Gasteiger partial charge in [-0.15, -0.1) is 24.8 Å². The number of carbonyl (C=O) groups excluding carboxylic acids is 1. The molecule has 0 spiro atoms. The van der Waals surface area contributed by atoms with Crippen LogP contribution in [0.4, 0.5) is 0 Å². The first kappa shape index (κ1) is 21.2. The molecule has 1 amide bonds. The minimum atomic E-state index is -0.0728. The van der Waals surface area contributed by atoms with Gasteiger partial charge in [0, 0.05) is 23.9 Å². The van der Waals surface area contributed by atoms with E-state index in [1.54, 1.807) is 0 Å². The van der Waals surface area contributed by atoms with E-state index in [9.17, 15) is 4.79 Å². The molecule has 3 rings (SSSR count). The maximum atomic E-state index is 12.5. The number of benzene rings is 2. The van der Waals surface area contributed by atoms with Crippen LogP contribution in [0.15, 0.2) is 42.5 Å². The zero-order valence-electron chi connectivity index (χ0n) is 14.6. The van der Waals surface area contributed by atoms with Gasteiger partial charge in [-0.2, -0.15) is 0 Å². The normalized spacial score (nSPS) is 10.4.